The minimum atomic E-state index is -0.200. The second kappa shape index (κ2) is 13.0. The molecule has 0 radical (unpaired) electrons. The molecular formula is C24H40N6O6. The van der Waals surface area contributed by atoms with E-state index >= 15 is 0 Å². The van der Waals surface area contributed by atoms with E-state index in [4.69, 9.17) is 9.47 Å². The number of hydrogen-bond acceptors (Lipinski definition) is 10. The third-order valence-electron chi connectivity index (χ3n) is 7.37. The summed E-state index contributed by atoms with van der Waals surface area (Å²) in [5, 5.41) is 0. The molecule has 1 unspecified atom stereocenters. The van der Waals surface area contributed by atoms with Crippen LogP contribution in [0.25, 0.3) is 0 Å². The number of nitrogens with zero attached hydrogens (tertiary/aromatic N) is 6. The van der Waals surface area contributed by atoms with Crippen molar-refractivity contribution in [3.8, 4) is 0 Å². The smallest absolute Gasteiger partial charge is 0.244 e. The lowest BCUT2D eigenvalue weighted by Crippen LogP contribution is -2.62. The fourth-order valence-corrected chi connectivity index (χ4v) is 5.18. The summed E-state index contributed by atoms with van der Waals surface area (Å²) in [4.78, 5) is 62.3. The van der Waals surface area contributed by atoms with Crippen LogP contribution >= 0.6 is 0 Å². The number of morpholine rings is 2. The number of rotatable bonds is 10. The molecule has 0 spiro atoms. The number of piperazine rings is 2. The van der Waals surface area contributed by atoms with Gasteiger partial charge < -0.3 is 9.47 Å². The summed E-state index contributed by atoms with van der Waals surface area (Å²) in [6, 6.07) is -0.0743. The molecule has 4 aliphatic heterocycles. The minimum absolute atomic E-state index is 0.0743. The topological polar surface area (TPSA) is 106 Å². The van der Waals surface area contributed by atoms with E-state index in [1.165, 1.54) is 9.80 Å². The minimum Gasteiger partial charge on any atom is -0.379 e. The summed E-state index contributed by atoms with van der Waals surface area (Å²) in [5.74, 6) is -0.785. The van der Waals surface area contributed by atoms with Crippen LogP contribution in [0.15, 0.2) is 0 Å². The van der Waals surface area contributed by atoms with E-state index in [0.29, 0.717) is 72.5 Å². The van der Waals surface area contributed by atoms with Gasteiger partial charge >= 0.3 is 0 Å². The molecule has 0 bridgehead atoms. The zero-order chi connectivity index (χ0) is 25.5. The van der Waals surface area contributed by atoms with Crippen molar-refractivity contribution >= 4 is 23.6 Å². The standard InChI is InChI=1S/C24H40N6O6/c1-2-3-4-20(28-16-23(33)30(24(34)17-28)19-26-7-11-36-12-8-26)13-27-14-21(31)29(22(32)15-27)18-25-5-9-35-10-6-25/h20H,2-19H2,1H3. The number of ether oxygens (including phenoxy) is 2. The molecule has 202 valence electrons. The molecule has 4 rings (SSSR count). The largest absolute Gasteiger partial charge is 0.379 e. The van der Waals surface area contributed by atoms with Crippen molar-refractivity contribution in [3.05, 3.63) is 0 Å². The Balaban J connectivity index is 1.33. The number of carbonyl (C=O) groups excluding carboxylic acids is 4. The van der Waals surface area contributed by atoms with Gasteiger partial charge in [-0.15, -0.1) is 0 Å². The number of unbranched alkanes of at least 4 members (excludes halogenated alkanes) is 1. The fraction of sp³-hybridized carbons (Fsp3) is 0.833. The molecule has 0 aromatic rings. The predicted octanol–water partition coefficient (Wildman–Crippen LogP) is -1.53. The Kier molecular flexibility index (Phi) is 9.80. The average Bonchev–Trinajstić information content (AvgIpc) is 2.87. The van der Waals surface area contributed by atoms with Crippen LogP contribution in [0.2, 0.25) is 0 Å². The highest BCUT2D eigenvalue weighted by Crippen LogP contribution is 2.18. The van der Waals surface area contributed by atoms with Gasteiger partial charge in [0.2, 0.25) is 23.6 Å². The van der Waals surface area contributed by atoms with E-state index in [-0.39, 0.29) is 55.8 Å². The molecular weight excluding hydrogens is 468 g/mol. The first kappa shape index (κ1) is 27.1. The molecule has 0 N–H and O–H groups in total. The van der Waals surface area contributed by atoms with Crippen LogP contribution in [-0.4, -0.2) is 158 Å². The Morgan fingerprint density at radius 3 is 1.56 bits per heavy atom. The van der Waals surface area contributed by atoms with Gasteiger partial charge in [-0.3, -0.25) is 48.6 Å². The van der Waals surface area contributed by atoms with Crippen molar-refractivity contribution in [2.24, 2.45) is 0 Å². The lowest BCUT2D eigenvalue weighted by molar-refractivity contribution is -0.159. The van der Waals surface area contributed by atoms with Crippen molar-refractivity contribution in [1.29, 1.82) is 0 Å². The maximum atomic E-state index is 13.0. The lowest BCUT2D eigenvalue weighted by Gasteiger charge is -2.42. The highest BCUT2D eigenvalue weighted by Gasteiger charge is 2.38. The van der Waals surface area contributed by atoms with Gasteiger partial charge in [-0.2, -0.15) is 0 Å². The Hall–Kier alpha value is -1.96. The normalized spacial score (nSPS) is 25.1. The number of amides is 4. The maximum Gasteiger partial charge on any atom is 0.244 e. The summed E-state index contributed by atoms with van der Waals surface area (Å²) in [6.07, 6.45) is 2.73. The summed E-state index contributed by atoms with van der Waals surface area (Å²) < 4.78 is 10.7. The SMILES string of the molecule is CCCCC(CN1CC(=O)N(CN2CCOCC2)C(=O)C1)N1CC(=O)N(CN2CCOCC2)C(=O)C1. The van der Waals surface area contributed by atoms with E-state index < -0.39 is 0 Å². The van der Waals surface area contributed by atoms with Crippen LogP contribution < -0.4 is 0 Å². The van der Waals surface area contributed by atoms with Gasteiger partial charge in [0.05, 0.1) is 65.9 Å². The zero-order valence-electron chi connectivity index (χ0n) is 21.4. The van der Waals surface area contributed by atoms with Crippen molar-refractivity contribution in [2.45, 2.75) is 32.2 Å². The third kappa shape index (κ3) is 7.08. The quantitative estimate of drug-likeness (QED) is 0.323. The molecule has 0 saturated carbocycles. The van der Waals surface area contributed by atoms with Gasteiger partial charge in [0.25, 0.3) is 0 Å². The van der Waals surface area contributed by atoms with E-state index in [1.807, 2.05) is 9.80 Å². The summed E-state index contributed by atoms with van der Waals surface area (Å²) in [5.41, 5.74) is 0. The van der Waals surface area contributed by atoms with Crippen LogP contribution in [0.1, 0.15) is 26.2 Å². The van der Waals surface area contributed by atoms with E-state index in [2.05, 4.69) is 16.7 Å². The molecule has 4 heterocycles. The Labute approximate surface area is 213 Å². The van der Waals surface area contributed by atoms with Crippen molar-refractivity contribution in [2.75, 3.05) is 98.7 Å². The summed E-state index contributed by atoms with van der Waals surface area (Å²) in [7, 11) is 0. The van der Waals surface area contributed by atoms with Crippen LogP contribution in [0.5, 0.6) is 0 Å². The van der Waals surface area contributed by atoms with Gasteiger partial charge in [-0.25, -0.2) is 0 Å². The highest BCUT2D eigenvalue weighted by atomic mass is 16.5. The monoisotopic (exact) mass is 508 g/mol. The predicted molar refractivity (Wildman–Crippen MR) is 130 cm³/mol. The van der Waals surface area contributed by atoms with Crippen LogP contribution in [0.4, 0.5) is 0 Å². The average molecular weight is 509 g/mol. The third-order valence-corrected chi connectivity index (χ3v) is 7.37. The zero-order valence-corrected chi connectivity index (χ0v) is 21.4. The van der Waals surface area contributed by atoms with Crippen molar-refractivity contribution in [3.63, 3.8) is 0 Å². The highest BCUT2D eigenvalue weighted by molar-refractivity contribution is 6.00. The lowest BCUT2D eigenvalue weighted by atomic mass is 10.1. The molecule has 1 atom stereocenters. The van der Waals surface area contributed by atoms with Crippen LogP contribution in [-0.2, 0) is 28.7 Å². The molecule has 4 amide bonds. The molecule has 12 nitrogen and oxygen atoms in total. The number of carbonyl (C=O) groups is 4. The summed E-state index contributed by atoms with van der Waals surface area (Å²) in [6.45, 7) is 9.14. The first-order valence-corrected chi connectivity index (χ1v) is 13.2. The Bertz CT molecular complexity index is 764. The van der Waals surface area contributed by atoms with E-state index in [0.717, 1.165) is 19.3 Å². The molecule has 0 aromatic carbocycles. The Morgan fingerprint density at radius 2 is 1.11 bits per heavy atom. The molecule has 0 aromatic heterocycles. The maximum absolute atomic E-state index is 13.0. The van der Waals surface area contributed by atoms with Crippen LogP contribution in [0.3, 0.4) is 0 Å². The van der Waals surface area contributed by atoms with E-state index in [1.54, 1.807) is 0 Å². The molecule has 36 heavy (non-hydrogen) atoms. The first-order chi connectivity index (χ1) is 17.4. The number of imide groups is 2. The fourth-order valence-electron chi connectivity index (χ4n) is 5.18. The first-order valence-electron chi connectivity index (χ1n) is 13.2. The molecule has 4 aliphatic rings. The van der Waals surface area contributed by atoms with Gasteiger partial charge in [0, 0.05) is 38.8 Å². The van der Waals surface area contributed by atoms with Crippen LogP contribution in [0, 0.1) is 0 Å². The van der Waals surface area contributed by atoms with E-state index in [9.17, 15) is 19.2 Å². The van der Waals surface area contributed by atoms with Gasteiger partial charge in [-0.1, -0.05) is 19.8 Å². The van der Waals surface area contributed by atoms with Gasteiger partial charge in [-0.05, 0) is 6.42 Å². The van der Waals surface area contributed by atoms with Crippen molar-refractivity contribution in [1.82, 2.24) is 29.4 Å². The summed E-state index contributed by atoms with van der Waals surface area (Å²) >= 11 is 0. The van der Waals surface area contributed by atoms with Gasteiger partial charge in [0.15, 0.2) is 0 Å². The second-order valence-corrected chi connectivity index (χ2v) is 10.0. The van der Waals surface area contributed by atoms with Gasteiger partial charge in [0.1, 0.15) is 0 Å². The molecule has 12 heteroatoms. The molecule has 4 saturated heterocycles. The second-order valence-electron chi connectivity index (χ2n) is 10.0. The molecule has 0 aliphatic carbocycles. The Morgan fingerprint density at radius 1 is 0.667 bits per heavy atom. The van der Waals surface area contributed by atoms with Crippen molar-refractivity contribution < 1.29 is 28.7 Å². The number of hydrogen-bond donors (Lipinski definition) is 0. The molecule has 4 fully saturated rings.